The molecule has 9 nitrogen and oxygen atoms in total. The number of ether oxygens (including phenoxy) is 1. The van der Waals surface area contributed by atoms with Gasteiger partial charge in [0.05, 0.1) is 28.6 Å². The first kappa shape index (κ1) is 32.4. The zero-order valence-electron chi connectivity index (χ0n) is 26.8. The Bertz CT molecular complexity index is 2360. The number of rotatable bonds is 7. The number of halogens is 1. The Kier molecular flexibility index (Phi) is 8.65. The maximum Gasteiger partial charge on any atom is 0.280 e. The molecule has 1 aliphatic rings. The largest absolute Gasteiger partial charge is 0.507 e. The van der Waals surface area contributed by atoms with E-state index >= 15 is 0 Å². The summed E-state index contributed by atoms with van der Waals surface area (Å²) in [6.07, 6.45) is 1.53. The van der Waals surface area contributed by atoms with Gasteiger partial charge < -0.3 is 9.84 Å². The third-order valence-electron chi connectivity index (χ3n) is 8.28. The highest BCUT2D eigenvalue weighted by molar-refractivity contribution is 8.04. The van der Waals surface area contributed by atoms with Gasteiger partial charge in [-0.3, -0.25) is 24.4 Å². The lowest BCUT2D eigenvalue weighted by molar-refractivity contribution is -0.128. The number of hydrogen-bond acceptors (Lipinski definition) is 7. The predicted octanol–water partition coefficient (Wildman–Crippen LogP) is 7.17. The van der Waals surface area contributed by atoms with E-state index in [4.69, 9.17) is 9.72 Å². The van der Waals surface area contributed by atoms with Gasteiger partial charge in [0.25, 0.3) is 17.4 Å². The summed E-state index contributed by atoms with van der Waals surface area (Å²) in [6.45, 7) is 1.98. The van der Waals surface area contributed by atoms with Gasteiger partial charge in [-0.1, -0.05) is 65.9 Å². The summed E-state index contributed by atoms with van der Waals surface area (Å²) in [5.74, 6) is -0.710. The van der Waals surface area contributed by atoms with Gasteiger partial charge >= 0.3 is 0 Å². The van der Waals surface area contributed by atoms with Gasteiger partial charge in [-0.25, -0.2) is 14.4 Å². The van der Waals surface area contributed by atoms with Crippen LogP contribution in [-0.4, -0.2) is 38.6 Å². The van der Waals surface area contributed by atoms with Crippen LogP contribution in [0.1, 0.15) is 32.4 Å². The number of hydrazine groups is 1. The molecule has 50 heavy (non-hydrogen) atoms. The molecule has 0 bridgehead atoms. The smallest absolute Gasteiger partial charge is 0.280 e. The molecule has 2 heterocycles. The van der Waals surface area contributed by atoms with Crippen molar-refractivity contribution < 1.29 is 23.8 Å². The number of para-hydroxylation sites is 1. The zero-order valence-corrected chi connectivity index (χ0v) is 27.6. The van der Waals surface area contributed by atoms with Gasteiger partial charge in [0.15, 0.2) is 0 Å². The van der Waals surface area contributed by atoms with Crippen molar-refractivity contribution in [1.82, 2.24) is 20.0 Å². The second-order valence-electron chi connectivity index (χ2n) is 11.6. The van der Waals surface area contributed by atoms with Crippen molar-refractivity contribution in [3.05, 3.63) is 159 Å². The molecule has 2 amide bonds. The fraction of sp³-hybridized carbons (Fsp3) is 0.0769. The second-order valence-corrected chi connectivity index (χ2v) is 12.7. The summed E-state index contributed by atoms with van der Waals surface area (Å²) in [5.41, 5.74) is 6.54. The van der Waals surface area contributed by atoms with Crippen LogP contribution in [0, 0.1) is 12.7 Å². The monoisotopic (exact) mass is 684 g/mol. The summed E-state index contributed by atoms with van der Waals surface area (Å²) >= 11 is 1.15. The molecule has 0 aliphatic carbocycles. The molecule has 0 radical (unpaired) electrons. The Morgan fingerprint density at radius 1 is 0.940 bits per heavy atom. The fourth-order valence-corrected chi connectivity index (χ4v) is 6.80. The number of carbonyl (C=O) groups excluding carboxylic acids is 2. The number of methoxy groups -OCH3 is 1. The first-order valence-corrected chi connectivity index (χ1v) is 16.4. The lowest BCUT2D eigenvalue weighted by Gasteiger charge is -2.24. The standard InChI is InChI=1S/C39H29FN4O5S/c1-23-7-9-24(10-8-23)35-41-32-6-4-3-5-31(32)37(47)43(35)29-18-13-25(14-19-29)36(46)42-44-38(48)34(21-27-15-20-30(49-2)22-33(27)45)50-39(44)26-11-16-28(40)17-12-26/h3-22,39,45H,1-2H3,(H,42,46)/b34-21-. The Balaban J connectivity index is 1.21. The number of phenolic OH excluding ortho intramolecular Hbond substituents is 1. The number of aromatic hydroxyl groups is 1. The number of nitrogens with one attached hydrogen (secondary N) is 1. The summed E-state index contributed by atoms with van der Waals surface area (Å²) in [7, 11) is 1.48. The van der Waals surface area contributed by atoms with E-state index in [1.165, 1.54) is 41.0 Å². The topological polar surface area (TPSA) is 114 Å². The van der Waals surface area contributed by atoms with Crippen LogP contribution in [0.2, 0.25) is 0 Å². The Hall–Kier alpha value is -6.20. The first-order valence-electron chi connectivity index (χ1n) is 15.5. The van der Waals surface area contributed by atoms with Crippen LogP contribution in [0.4, 0.5) is 4.39 Å². The third-order valence-corrected chi connectivity index (χ3v) is 9.53. The molecular weight excluding hydrogens is 656 g/mol. The third kappa shape index (κ3) is 6.22. The Morgan fingerprint density at radius 2 is 1.66 bits per heavy atom. The number of thioether (sulfide) groups is 1. The van der Waals surface area contributed by atoms with Crippen LogP contribution in [0.3, 0.4) is 0 Å². The van der Waals surface area contributed by atoms with Gasteiger partial charge in [0.1, 0.15) is 28.5 Å². The van der Waals surface area contributed by atoms with Crippen LogP contribution in [0.15, 0.2) is 125 Å². The van der Waals surface area contributed by atoms with Crippen molar-refractivity contribution in [2.75, 3.05) is 7.11 Å². The minimum absolute atomic E-state index is 0.0857. The number of carbonyl (C=O) groups is 2. The van der Waals surface area contributed by atoms with Crippen molar-refractivity contribution in [3.63, 3.8) is 0 Å². The lowest BCUT2D eigenvalue weighted by atomic mass is 10.1. The normalized spacial score (nSPS) is 15.1. The number of phenols is 1. The van der Waals surface area contributed by atoms with Crippen molar-refractivity contribution in [2.45, 2.75) is 12.3 Å². The highest BCUT2D eigenvalue weighted by atomic mass is 32.2. The van der Waals surface area contributed by atoms with E-state index in [-0.39, 0.29) is 21.8 Å². The van der Waals surface area contributed by atoms with E-state index in [0.29, 0.717) is 39.3 Å². The maximum absolute atomic E-state index is 13.8. The molecule has 0 spiro atoms. The molecule has 1 unspecified atom stereocenters. The summed E-state index contributed by atoms with van der Waals surface area (Å²) < 4.78 is 20.5. The van der Waals surface area contributed by atoms with Gasteiger partial charge in [0, 0.05) is 22.8 Å². The van der Waals surface area contributed by atoms with Crippen LogP contribution in [0.25, 0.3) is 34.1 Å². The minimum atomic E-state index is -0.725. The van der Waals surface area contributed by atoms with E-state index in [1.54, 1.807) is 66.7 Å². The molecule has 0 saturated carbocycles. The molecule has 1 atom stereocenters. The molecule has 6 aromatic rings. The Labute approximate surface area is 290 Å². The molecule has 1 aliphatic heterocycles. The molecule has 1 aromatic heterocycles. The first-order chi connectivity index (χ1) is 24.2. The average Bonchev–Trinajstić information content (AvgIpc) is 3.43. The van der Waals surface area contributed by atoms with E-state index in [9.17, 15) is 23.9 Å². The maximum atomic E-state index is 13.8. The van der Waals surface area contributed by atoms with Crippen molar-refractivity contribution in [3.8, 4) is 28.6 Å². The van der Waals surface area contributed by atoms with Crippen LogP contribution in [0.5, 0.6) is 11.5 Å². The molecule has 11 heteroatoms. The summed E-state index contributed by atoms with van der Waals surface area (Å²) in [4.78, 5) is 46.3. The van der Waals surface area contributed by atoms with Crippen LogP contribution >= 0.6 is 11.8 Å². The van der Waals surface area contributed by atoms with Crippen LogP contribution in [-0.2, 0) is 4.79 Å². The van der Waals surface area contributed by atoms with E-state index in [1.807, 2.05) is 37.3 Å². The molecule has 5 aromatic carbocycles. The number of aryl methyl sites for hydroxylation is 1. The number of hydrogen-bond donors (Lipinski definition) is 2. The van der Waals surface area contributed by atoms with E-state index in [2.05, 4.69) is 5.43 Å². The predicted molar refractivity (Wildman–Crippen MR) is 191 cm³/mol. The molecule has 7 rings (SSSR count). The van der Waals surface area contributed by atoms with E-state index in [0.717, 1.165) is 22.9 Å². The van der Waals surface area contributed by atoms with E-state index < -0.39 is 23.0 Å². The fourth-order valence-electron chi connectivity index (χ4n) is 5.62. The van der Waals surface area contributed by atoms with Crippen molar-refractivity contribution in [1.29, 1.82) is 0 Å². The highest BCUT2D eigenvalue weighted by Gasteiger charge is 2.39. The quantitative estimate of drug-likeness (QED) is 0.171. The van der Waals surface area contributed by atoms with Crippen molar-refractivity contribution >= 4 is 40.6 Å². The highest BCUT2D eigenvalue weighted by Crippen LogP contribution is 2.46. The zero-order chi connectivity index (χ0) is 34.9. The van der Waals surface area contributed by atoms with Gasteiger partial charge in [-0.2, -0.15) is 0 Å². The minimum Gasteiger partial charge on any atom is -0.507 e. The number of benzene rings is 5. The molecule has 248 valence electrons. The average molecular weight is 685 g/mol. The number of aromatic nitrogens is 2. The van der Waals surface area contributed by atoms with Crippen molar-refractivity contribution in [2.24, 2.45) is 0 Å². The number of fused-ring (bicyclic) bond motifs is 1. The molecular formula is C39H29FN4O5S. The molecule has 1 fully saturated rings. The molecule has 2 N–H and O–H groups in total. The second kappa shape index (κ2) is 13.4. The SMILES string of the molecule is COc1ccc(/C=C2\SC(c3ccc(F)cc3)N(NC(=O)c3ccc(-n4c(-c5ccc(C)cc5)nc5ccccc5c4=O)cc3)C2=O)c(O)c1. The summed E-state index contributed by atoms with van der Waals surface area (Å²) in [6, 6.07) is 31.7. The van der Waals surface area contributed by atoms with Gasteiger partial charge in [-0.15, -0.1) is 0 Å². The molecule has 1 saturated heterocycles. The summed E-state index contributed by atoms with van der Waals surface area (Å²) in [5, 5.41) is 11.4. The lowest BCUT2D eigenvalue weighted by Crippen LogP contribution is -2.44. The Morgan fingerprint density at radius 3 is 2.36 bits per heavy atom. The number of amides is 2. The van der Waals surface area contributed by atoms with Crippen LogP contribution < -0.4 is 15.7 Å². The van der Waals surface area contributed by atoms with Gasteiger partial charge in [0.2, 0.25) is 0 Å². The van der Waals surface area contributed by atoms with Gasteiger partial charge in [-0.05, 0) is 79.2 Å². The number of nitrogens with zero attached hydrogens (tertiary/aromatic N) is 3.